The Morgan fingerprint density at radius 2 is 2.28 bits per heavy atom. The van der Waals surface area contributed by atoms with Crippen molar-refractivity contribution in [3.8, 4) is 5.75 Å². The van der Waals surface area contributed by atoms with Crippen molar-refractivity contribution in [1.29, 1.82) is 0 Å². The Morgan fingerprint density at radius 3 is 2.94 bits per heavy atom. The van der Waals surface area contributed by atoms with Gasteiger partial charge in [-0.05, 0) is 30.9 Å². The summed E-state index contributed by atoms with van der Waals surface area (Å²) in [6.07, 6.45) is 2.78. The second-order valence-electron chi connectivity index (χ2n) is 4.67. The maximum absolute atomic E-state index is 10.7. The molecule has 0 fully saturated rings. The molecule has 4 nitrogen and oxygen atoms in total. The van der Waals surface area contributed by atoms with Crippen LogP contribution in [0.2, 0.25) is 0 Å². The van der Waals surface area contributed by atoms with Crippen LogP contribution in [0.3, 0.4) is 0 Å². The third-order valence-electron chi connectivity index (χ3n) is 3.46. The van der Waals surface area contributed by atoms with Gasteiger partial charge in [0, 0.05) is 31.3 Å². The van der Waals surface area contributed by atoms with Crippen molar-refractivity contribution < 1.29 is 14.6 Å². The van der Waals surface area contributed by atoms with Crippen molar-refractivity contribution in [2.24, 2.45) is 0 Å². The number of carboxylic acids is 1. The first-order chi connectivity index (χ1) is 8.63. The number of ether oxygens (including phenoxy) is 1. The maximum Gasteiger partial charge on any atom is 0.303 e. The molecule has 0 spiro atoms. The van der Waals surface area contributed by atoms with Crippen LogP contribution in [-0.2, 0) is 17.6 Å². The standard InChI is InChI=1S/C14H19NO3/c1-15-9-3-4-11-12(15)7-5-10(14(11)18-2)6-8-13(16)17/h5,7H,3-4,6,8-9H2,1-2H3,(H,16,17). The summed E-state index contributed by atoms with van der Waals surface area (Å²) in [7, 11) is 3.74. The third kappa shape index (κ3) is 2.42. The number of rotatable bonds is 4. The number of benzene rings is 1. The lowest BCUT2D eigenvalue weighted by molar-refractivity contribution is -0.136. The van der Waals surface area contributed by atoms with E-state index in [1.165, 1.54) is 11.3 Å². The van der Waals surface area contributed by atoms with E-state index < -0.39 is 5.97 Å². The fourth-order valence-electron chi connectivity index (χ4n) is 2.57. The molecule has 1 aliphatic rings. The van der Waals surface area contributed by atoms with Gasteiger partial charge >= 0.3 is 5.97 Å². The van der Waals surface area contributed by atoms with Crippen molar-refractivity contribution in [3.63, 3.8) is 0 Å². The molecule has 1 N–H and O–H groups in total. The summed E-state index contributed by atoms with van der Waals surface area (Å²) in [5, 5.41) is 8.77. The van der Waals surface area contributed by atoms with E-state index in [-0.39, 0.29) is 6.42 Å². The Bertz CT molecular complexity index is 457. The topological polar surface area (TPSA) is 49.8 Å². The number of hydrogen-bond donors (Lipinski definition) is 1. The lowest BCUT2D eigenvalue weighted by atomic mass is 9.96. The van der Waals surface area contributed by atoms with Crippen LogP contribution in [0.5, 0.6) is 5.75 Å². The molecule has 0 bridgehead atoms. The number of aliphatic carboxylic acids is 1. The highest BCUT2D eigenvalue weighted by Gasteiger charge is 2.20. The number of hydrogen-bond acceptors (Lipinski definition) is 3. The number of anilines is 1. The highest BCUT2D eigenvalue weighted by molar-refractivity contribution is 5.68. The van der Waals surface area contributed by atoms with Crippen LogP contribution in [-0.4, -0.2) is 31.8 Å². The average Bonchev–Trinajstić information content (AvgIpc) is 2.35. The van der Waals surface area contributed by atoms with E-state index in [1.54, 1.807) is 7.11 Å². The first-order valence-corrected chi connectivity index (χ1v) is 6.25. The summed E-state index contributed by atoms with van der Waals surface area (Å²) in [5.74, 6) is 0.104. The lowest BCUT2D eigenvalue weighted by Crippen LogP contribution is -2.25. The van der Waals surface area contributed by atoms with Gasteiger partial charge in [0.05, 0.1) is 7.11 Å². The molecule has 1 aromatic rings. The summed E-state index contributed by atoms with van der Waals surface area (Å²) in [5.41, 5.74) is 3.42. The molecule has 0 unspecified atom stereocenters. The first kappa shape index (κ1) is 12.7. The smallest absolute Gasteiger partial charge is 0.303 e. The van der Waals surface area contributed by atoms with E-state index in [1.807, 2.05) is 6.07 Å². The summed E-state index contributed by atoms with van der Waals surface area (Å²) in [6, 6.07) is 4.07. The average molecular weight is 249 g/mol. The molecule has 98 valence electrons. The fourth-order valence-corrected chi connectivity index (χ4v) is 2.57. The number of methoxy groups -OCH3 is 1. The van der Waals surface area contributed by atoms with Crippen LogP contribution >= 0.6 is 0 Å². The number of nitrogens with zero attached hydrogens (tertiary/aromatic N) is 1. The summed E-state index contributed by atoms with van der Waals surface area (Å²) < 4.78 is 5.50. The summed E-state index contributed by atoms with van der Waals surface area (Å²) >= 11 is 0. The van der Waals surface area contributed by atoms with Gasteiger partial charge in [-0.1, -0.05) is 6.07 Å². The van der Waals surface area contributed by atoms with Gasteiger partial charge in [-0.25, -0.2) is 0 Å². The van der Waals surface area contributed by atoms with Gasteiger partial charge in [0.1, 0.15) is 5.75 Å². The Kier molecular flexibility index (Phi) is 3.75. The number of aryl methyl sites for hydroxylation is 1. The van der Waals surface area contributed by atoms with Crippen LogP contribution in [0.15, 0.2) is 12.1 Å². The minimum absolute atomic E-state index is 0.144. The molecule has 0 atom stereocenters. The zero-order valence-electron chi connectivity index (χ0n) is 10.9. The normalized spacial score (nSPS) is 14.2. The van der Waals surface area contributed by atoms with Gasteiger partial charge in [-0.2, -0.15) is 0 Å². The molecule has 2 rings (SSSR count). The molecule has 0 aromatic heterocycles. The number of carbonyl (C=O) groups is 1. The van der Waals surface area contributed by atoms with Crippen molar-refractivity contribution in [2.75, 3.05) is 25.6 Å². The molecule has 18 heavy (non-hydrogen) atoms. The highest BCUT2D eigenvalue weighted by Crippen LogP contribution is 2.36. The van der Waals surface area contributed by atoms with E-state index in [0.29, 0.717) is 6.42 Å². The van der Waals surface area contributed by atoms with Gasteiger partial charge in [-0.3, -0.25) is 4.79 Å². The fraction of sp³-hybridized carbons (Fsp3) is 0.500. The summed E-state index contributed by atoms with van der Waals surface area (Å²) in [6.45, 7) is 1.06. The minimum Gasteiger partial charge on any atom is -0.496 e. The van der Waals surface area contributed by atoms with Crippen LogP contribution in [0.1, 0.15) is 24.0 Å². The number of fused-ring (bicyclic) bond motifs is 1. The first-order valence-electron chi connectivity index (χ1n) is 6.25. The molecular weight excluding hydrogens is 230 g/mol. The molecular formula is C14H19NO3. The lowest BCUT2D eigenvalue weighted by Gasteiger charge is -2.29. The zero-order valence-corrected chi connectivity index (χ0v) is 10.9. The third-order valence-corrected chi connectivity index (χ3v) is 3.46. The minimum atomic E-state index is -0.771. The second kappa shape index (κ2) is 5.29. The monoisotopic (exact) mass is 249 g/mol. The Hall–Kier alpha value is -1.71. The summed E-state index contributed by atoms with van der Waals surface area (Å²) in [4.78, 5) is 12.9. The molecule has 0 saturated heterocycles. The molecule has 1 heterocycles. The van der Waals surface area contributed by atoms with E-state index in [0.717, 1.165) is 30.7 Å². The molecule has 0 radical (unpaired) electrons. The van der Waals surface area contributed by atoms with Crippen molar-refractivity contribution >= 4 is 11.7 Å². The second-order valence-corrected chi connectivity index (χ2v) is 4.67. The Labute approximate surface area is 107 Å². The SMILES string of the molecule is COc1c(CCC(=O)O)ccc2c1CCCN2C. The van der Waals surface area contributed by atoms with Crippen LogP contribution in [0, 0.1) is 0 Å². The quantitative estimate of drug-likeness (QED) is 0.887. The Balaban J connectivity index is 2.34. The van der Waals surface area contributed by atoms with Crippen molar-refractivity contribution in [1.82, 2.24) is 0 Å². The predicted octanol–water partition coefficient (Wildman–Crippen LogP) is 2.09. The zero-order chi connectivity index (χ0) is 13.1. The van der Waals surface area contributed by atoms with E-state index in [9.17, 15) is 4.79 Å². The molecule has 1 aromatic carbocycles. The maximum atomic E-state index is 10.7. The Morgan fingerprint density at radius 1 is 1.50 bits per heavy atom. The molecule has 0 amide bonds. The molecule has 1 aliphatic heterocycles. The highest BCUT2D eigenvalue weighted by atomic mass is 16.5. The van der Waals surface area contributed by atoms with Gasteiger partial charge in [0.2, 0.25) is 0 Å². The van der Waals surface area contributed by atoms with Gasteiger partial charge in [0.15, 0.2) is 0 Å². The van der Waals surface area contributed by atoms with Crippen LogP contribution < -0.4 is 9.64 Å². The van der Waals surface area contributed by atoms with Gasteiger partial charge in [0.25, 0.3) is 0 Å². The van der Waals surface area contributed by atoms with Crippen LogP contribution in [0.25, 0.3) is 0 Å². The van der Waals surface area contributed by atoms with E-state index >= 15 is 0 Å². The van der Waals surface area contributed by atoms with Crippen molar-refractivity contribution in [3.05, 3.63) is 23.3 Å². The van der Waals surface area contributed by atoms with Gasteiger partial charge in [-0.15, -0.1) is 0 Å². The largest absolute Gasteiger partial charge is 0.496 e. The molecule has 0 saturated carbocycles. The van der Waals surface area contributed by atoms with E-state index in [2.05, 4.69) is 18.0 Å². The van der Waals surface area contributed by atoms with Crippen molar-refractivity contribution in [2.45, 2.75) is 25.7 Å². The van der Waals surface area contributed by atoms with E-state index in [4.69, 9.17) is 9.84 Å². The predicted molar refractivity (Wildman–Crippen MR) is 70.5 cm³/mol. The van der Waals surface area contributed by atoms with Gasteiger partial charge < -0.3 is 14.7 Å². The van der Waals surface area contributed by atoms with Crippen LogP contribution in [0.4, 0.5) is 5.69 Å². The molecule has 0 aliphatic carbocycles. The number of carboxylic acid groups (broad SMARTS) is 1. The molecule has 4 heteroatoms.